The number of hydrogen-bond donors (Lipinski definition) is 0. The van der Waals surface area contributed by atoms with Crippen molar-refractivity contribution in [3.05, 3.63) is 65.1 Å². The maximum atomic E-state index is 13.2. The van der Waals surface area contributed by atoms with Gasteiger partial charge in [0.25, 0.3) is 0 Å². The minimum absolute atomic E-state index is 0.588. The Hall–Kier alpha value is -2.34. The molecule has 3 aromatic rings. The number of aromatic nitrogens is 2. The fourth-order valence-corrected chi connectivity index (χ4v) is 3.62. The number of hydrogen-bond acceptors (Lipinski definition) is 2. The highest BCUT2D eigenvalue weighted by Crippen LogP contribution is 2.36. The lowest BCUT2D eigenvalue weighted by molar-refractivity contribution is -0.137. The zero-order valence-corrected chi connectivity index (χ0v) is 13.8. The van der Waals surface area contributed by atoms with Crippen LogP contribution in [0.25, 0.3) is 10.9 Å². The normalized spacial score (nSPS) is 15.5. The molecule has 130 valence electrons. The van der Waals surface area contributed by atoms with Crippen molar-refractivity contribution in [3.8, 4) is 0 Å². The van der Waals surface area contributed by atoms with Crippen molar-refractivity contribution >= 4 is 10.9 Å². The van der Waals surface area contributed by atoms with Crippen LogP contribution in [0.5, 0.6) is 0 Å². The van der Waals surface area contributed by atoms with Crippen LogP contribution in [0.1, 0.15) is 22.4 Å². The van der Waals surface area contributed by atoms with Crippen LogP contribution in [0.15, 0.2) is 42.7 Å². The molecule has 0 aliphatic carbocycles. The number of nitrogens with zero attached hydrogens (tertiary/aromatic N) is 3. The summed E-state index contributed by atoms with van der Waals surface area (Å²) in [5.41, 5.74) is 3.46. The monoisotopic (exact) mass is 345 g/mol. The molecule has 0 saturated heterocycles. The Bertz CT molecular complexity index is 913. The Morgan fingerprint density at radius 3 is 2.76 bits per heavy atom. The van der Waals surface area contributed by atoms with E-state index in [9.17, 15) is 13.2 Å². The van der Waals surface area contributed by atoms with E-state index in [0.29, 0.717) is 18.5 Å². The largest absolute Gasteiger partial charge is 0.416 e. The minimum atomic E-state index is -4.33. The first kappa shape index (κ1) is 16.1. The molecule has 0 spiro atoms. The zero-order valence-electron chi connectivity index (χ0n) is 13.8. The van der Waals surface area contributed by atoms with Gasteiger partial charge in [-0.2, -0.15) is 13.2 Å². The van der Waals surface area contributed by atoms with Gasteiger partial charge in [-0.1, -0.05) is 6.07 Å². The lowest BCUT2D eigenvalue weighted by Gasteiger charge is -2.24. The van der Waals surface area contributed by atoms with Gasteiger partial charge in [-0.05, 0) is 42.4 Å². The highest BCUT2D eigenvalue weighted by molar-refractivity contribution is 5.86. The van der Waals surface area contributed by atoms with E-state index in [1.165, 1.54) is 12.1 Å². The van der Waals surface area contributed by atoms with Crippen LogP contribution < -0.4 is 0 Å². The van der Waals surface area contributed by atoms with Gasteiger partial charge in [0, 0.05) is 55.0 Å². The van der Waals surface area contributed by atoms with E-state index >= 15 is 0 Å². The van der Waals surface area contributed by atoms with Crippen LogP contribution in [0.4, 0.5) is 13.2 Å². The molecule has 0 atom stereocenters. The maximum absolute atomic E-state index is 13.2. The molecule has 0 amide bonds. The molecule has 6 heteroatoms. The Balaban J connectivity index is 1.90. The van der Waals surface area contributed by atoms with Crippen molar-refractivity contribution < 1.29 is 13.2 Å². The molecular formula is C19H18F3N3. The summed E-state index contributed by atoms with van der Waals surface area (Å²) in [5, 5.41) is 0.709. The minimum Gasteiger partial charge on any atom is -0.340 e. The Labute approximate surface area is 143 Å². The molecular weight excluding hydrogens is 327 g/mol. The van der Waals surface area contributed by atoms with Crippen molar-refractivity contribution in [3.63, 3.8) is 0 Å². The lowest BCUT2D eigenvalue weighted by Crippen LogP contribution is -2.27. The van der Waals surface area contributed by atoms with Gasteiger partial charge in [0.15, 0.2) is 0 Å². The predicted octanol–water partition coefficient (Wildman–Crippen LogP) is 4.09. The Morgan fingerprint density at radius 1 is 1.20 bits per heavy atom. The summed E-state index contributed by atoms with van der Waals surface area (Å²) in [4.78, 5) is 6.29. The van der Waals surface area contributed by atoms with Crippen molar-refractivity contribution in [2.45, 2.75) is 25.7 Å². The number of benzene rings is 1. The number of pyridine rings is 1. The van der Waals surface area contributed by atoms with Gasteiger partial charge in [-0.3, -0.25) is 4.98 Å². The van der Waals surface area contributed by atoms with Gasteiger partial charge in [-0.25, -0.2) is 0 Å². The van der Waals surface area contributed by atoms with E-state index in [1.54, 1.807) is 18.5 Å². The smallest absolute Gasteiger partial charge is 0.340 e. The van der Waals surface area contributed by atoms with Gasteiger partial charge in [0.2, 0.25) is 0 Å². The SMILES string of the molecule is CN1CCc2c(c3cc(C(F)(F)F)ccc3n2Cc2cccnc2)C1. The van der Waals surface area contributed by atoms with Crippen molar-refractivity contribution in [2.24, 2.45) is 0 Å². The van der Waals surface area contributed by atoms with E-state index in [0.717, 1.165) is 35.3 Å². The average Bonchev–Trinajstić information content (AvgIpc) is 2.88. The fourth-order valence-electron chi connectivity index (χ4n) is 3.62. The van der Waals surface area contributed by atoms with Crippen LogP contribution in [0.2, 0.25) is 0 Å². The first-order valence-corrected chi connectivity index (χ1v) is 8.22. The summed E-state index contributed by atoms with van der Waals surface area (Å²) in [6, 6.07) is 7.95. The molecule has 0 N–H and O–H groups in total. The molecule has 1 aliphatic heterocycles. The summed E-state index contributed by atoms with van der Waals surface area (Å²) in [6.07, 6.45) is 0.0315. The fraction of sp³-hybridized carbons (Fsp3) is 0.316. The summed E-state index contributed by atoms with van der Waals surface area (Å²) in [5.74, 6) is 0. The second kappa shape index (κ2) is 5.88. The standard InChI is InChI=1S/C19H18F3N3/c1-24-8-6-18-16(12-24)15-9-14(19(20,21)22)4-5-17(15)25(18)11-13-3-2-7-23-10-13/h2-5,7,9-10H,6,8,11-12H2,1H3. The first-order valence-electron chi connectivity index (χ1n) is 8.22. The molecule has 0 radical (unpaired) electrons. The molecule has 2 aromatic heterocycles. The third-order valence-electron chi connectivity index (χ3n) is 4.84. The van der Waals surface area contributed by atoms with Crippen LogP contribution in [-0.2, 0) is 25.7 Å². The van der Waals surface area contributed by atoms with Gasteiger partial charge in [0.05, 0.1) is 5.56 Å². The second-order valence-corrected chi connectivity index (χ2v) is 6.59. The third-order valence-corrected chi connectivity index (χ3v) is 4.84. The van der Waals surface area contributed by atoms with Crippen LogP contribution in [0, 0.1) is 0 Å². The molecule has 25 heavy (non-hydrogen) atoms. The third kappa shape index (κ3) is 2.91. The maximum Gasteiger partial charge on any atom is 0.416 e. The first-order chi connectivity index (χ1) is 11.9. The second-order valence-electron chi connectivity index (χ2n) is 6.59. The van der Waals surface area contributed by atoms with E-state index < -0.39 is 11.7 Å². The van der Waals surface area contributed by atoms with Crippen LogP contribution in [-0.4, -0.2) is 28.0 Å². The average molecular weight is 345 g/mol. The molecule has 0 fully saturated rings. The highest BCUT2D eigenvalue weighted by atomic mass is 19.4. The molecule has 4 rings (SSSR count). The summed E-state index contributed by atoms with van der Waals surface area (Å²) in [6.45, 7) is 2.20. The van der Waals surface area contributed by atoms with E-state index in [1.807, 2.05) is 19.2 Å². The molecule has 1 aromatic carbocycles. The quantitative estimate of drug-likeness (QED) is 0.697. The molecule has 0 saturated carbocycles. The summed E-state index contributed by atoms with van der Waals surface area (Å²) >= 11 is 0. The summed E-state index contributed by atoms with van der Waals surface area (Å²) in [7, 11) is 2.00. The van der Waals surface area contributed by atoms with Crippen molar-refractivity contribution in [2.75, 3.05) is 13.6 Å². The molecule has 1 aliphatic rings. The molecule has 3 heterocycles. The topological polar surface area (TPSA) is 21.1 Å². The molecule has 3 nitrogen and oxygen atoms in total. The van der Waals surface area contributed by atoms with Gasteiger partial charge >= 0.3 is 6.18 Å². The van der Waals surface area contributed by atoms with Crippen molar-refractivity contribution in [1.29, 1.82) is 0 Å². The van der Waals surface area contributed by atoms with Crippen molar-refractivity contribution in [1.82, 2.24) is 14.5 Å². The van der Waals surface area contributed by atoms with Gasteiger partial charge < -0.3 is 9.47 Å². The number of rotatable bonds is 2. The van der Waals surface area contributed by atoms with Crippen LogP contribution in [0.3, 0.4) is 0 Å². The van der Waals surface area contributed by atoms with Gasteiger partial charge in [0.1, 0.15) is 0 Å². The highest BCUT2D eigenvalue weighted by Gasteiger charge is 2.32. The molecule has 0 unspecified atom stereocenters. The lowest BCUT2D eigenvalue weighted by atomic mass is 10.0. The number of alkyl halides is 3. The number of likely N-dealkylation sites (N-methyl/N-ethyl adjacent to an activating group) is 1. The number of fused-ring (bicyclic) bond motifs is 3. The molecule has 0 bridgehead atoms. The van der Waals surface area contributed by atoms with Gasteiger partial charge in [-0.15, -0.1) is 0 Å². The van der Waals surface area contributed by atoms with E-state index in [2.05, 4.69) is 14.5 Å². The van der Waals surface area contributed by atoms with Crippen LogP contribution >= 0.6 is 0 Å². The predicted molar refractivity (Wildman–Crippen MR) is 90.3 cm³/mol. The van der Waals surface area contributed by atoms with E-state index in [-0.39, 0.29) is 0 Å². The zero-order chi connectivity index (χ0) is 17.6. The summed E-state index contributed by atoms with van der Waals surface area (Å²) < 4.78 is 41.6. The number of halogens is 3. The van der Waals surface area contributed by atoms with E-state index in [4.69, 9.17) is 0 Å². The Kier molecular flexibility index (Phi) is 3.80. The Morgan fingerprint density at radius 2 is 2.04 bits per heavy atom.